The van der Waals surface area contributed by atoms with Gasteiger partial charge in [0.1, 0.15) is 0 Å². The zero-order chi connectivity index (χ0) is 11.0. The summed E-state index contributed by atoms with van der Waals surface area (Å²) in [5.74, 6) is 0.523. The highest BCUT2D eigenvalue weighted by molar-refractivity contribution is 5.32. The minimum absolute atomic E-state index is 0.0873. The van der Waals surface area contributed by atoms with Gasteiger partial charge in [0.05, 0.1) is 12.0 Å². The summed E-state index contributed by atoms with van der Waals surface area (Å²) in [6.45, 7) is 1.99. The summed E-state index contributed by atoms with van der Waals surface area (Å²) >= 11 is 0. The second-order valence-electron chi connectivity index (χ2n) is 3.95. The zero-order valence-electron chi connectivity index (χ0n) is 8.68. The molecule has 16 heavy (non-hydrogen) atoms. The molecule has 1 fully saturated rings. The molecular weight excluding hydrogens is 204 g/mol. The minimum Gasteiger partial charge on any atom is -0.327 e. The molecule has 5 heteroatoms. The molecule has 0 aromatic carbocycles. The first-order valence-corrected chi connectivity index (χ1v) is 5.26. The molecule has 0 aliphatic carbocycles. The Hall–Kier alpha value is -1.88. The maximum atomic E-state index is 11.0. The Bertz CT molecular complexity index is 533. The number of nitrogens with one attached hydrogen (secondary N) is 2. The molecule has 0 saturated carbocycles. The van der Waals surface area contributed by atoms with Crippen LogP contribution in [0.15, 0.2) is 35.6 Å². The van der Waals surface area contributed by atoms with E-state index in [1.54, 1.807) is 18.6 Å². The Kier molecular flexibility index (Phi) is 2.11. The molecule has 3 heterocycles. The van der Waals surface area contributed by atoms with E-state index in [4.69, 9.17) is 0 Å². The SMILES string of the molecule is O=c1ccc(-n2cncc2C2CNC2)c[nH]1. The molecule has 5 nitrogen and oxygen atoms in total. The summed E-state index contributed by atoms with van der Waals surface area (Å²) in [5.41, 5.74) is 2.04. The van der Waals surface area contributed by atoms with Crippen molar-refractivity contribution in [2.24, 2.45) is 0 Å². The van der Waals surface area contributed by atoms with Crippen molar-refractivity contribution in [2.45, 2.75) is 5.92 Å². The summed E-state index contributed by atoms with van der Waals surface area (Å²) in [6, 6.07) is 3.33. The zero-order valence-corrected chi connectivity index (χ0v) is 8.68. The van der Waals surface area contributed by atoms with Gasteiger partial charge in [-0.1, -0.05) is 0 Å². The van der Waals surface area contributed by atoms with Gasteiger partial charge in [0.2, 0.25) is 5.56 Å². The van der Waals surface area contributed by atoms with Crippen LogP contribution < -0.4 is 10.9 Å². The number of rotatable bonds is 2. The third-order valence-electron chi connectivity index (χ3n) is 2.91. The Morgan fingerprint density at radius 1 is 1.38 bits per heavy atom. The first kappa shape index (κ1) is 9.35. The lowest BCUT2D eigenvalue weighted by Crippen LogP contribution is -2.40. The van der Waals surface area contributed by atoms with Crippen LogP contribution in [-0.4, -0.2) is 27.6 Å². The first-order valence-electron chi connectivity index (χ1n) is 5.26. The second-order valence-corrected chi connectivity index (χ2v) is 3.95. The molecule has 2 aromatic heterocycles. The molecule has 2 aromatic rings. The number of H-pyrrole nitrogens is 1. The number of hydrogen-bond donors (Lipinski definition) is 2. The lowest BCUT2D eigenvalue weighted by atomic mass is 10.00. The molecule has 3 rings (SSSR count). The van der Waals surface area contributed by atoms with E-state index >= 15 is 0 Å². The number of aromatic nitrogens is 3. The lowest BCUT2D eigenvalue weighted by molar-refractivity contribution is 0.435. The van der Waals surface area contributed by atoms with Crippen LogP contribution in [0, 0.1) is 0 Å². The Morgan fingerprint density at radius 2 is 2.25 bits per heavy atom. The average molecular weight is 216 g/mol. The van der Waals surface area contributed by atoms with Crippen LogP contribution in [-0.2, 0) is 0 Å². The van der Waals surface area contributed by atoms with E-state index in [1.165, 1.54) is 11.8 Å². The molecule has 0 unspecified atom stereocenters. The van der Waals surface area contributed by atoms with Gasteiger partial charge in [0, 0.05) is 43.2 Å². The Balaban J connectivity index is 2.02. The van der Waals surface area contributed by atoms with Gasteiger partial charge in [0.15, 0.2) is 0 Å². The molecule has 1 aliphatic rings. The van der Waals surface area contributed by atoms with Crippen LogP contribution in [0.2, 0.25) is 0 Å². The highest BCUT2D eigenvalue weighted by Gasteiger charge is 2.22. The van der Waals surface area contributed by atoms with Crippen molar-refractivity contribution < 1.29 is 0 Å². The summed E-state index contributed by atoms with van der Waals surface area (Å²) < 4.78 is 2.02. The van der Waals surface area contributed by atoms with Crippen LogP contribution >= 0.6 is 0 Å². The number of aromatic amines is 1. The predicted molar refractivity (Wildman–Crippen MR) is 59.8 cm³/mol. The highest BCUT2D eigenvalue weighted by atomic mass is 16.1. The van der Waals surface area contributed by atoms with Gasteiger partial charge < -0.3 is 14.9 Å². The molecule has 0 radical (unpaired) electrons. The van der Waals surface area contributed by atoms with Gasteiger partial charge in [-0.25, -0.2) is 4.98 Å². The summed E-state index contributed by atoms with van der Waals surface area (Å²) in [5, 5.41) is 3.24. The van der Waals surface area contributed by atoms with Gasteiger partial charge in [-0.05, 0) is 6.07 Å². The Labute approximate surface area is 92.1 Å². The van der Waals surface area contributed by atoms with Crippen molar-refractivity contribution in [2.75, 3.05) is 13.1 Å². The number of nitrogens with zero attached hydrogens (tertiary/aromatic N) is 2. The predicted octanol–water partition coefficient (Wildman–Crippen LogP) is 0.247. The molecule has 2 N–H and O–H groups in total. The highest BCUT2D eigenvalue weighted by Crippen LogP contribution is 2.21. The monoisotopic (exact) mass is 216 g/mol. The fourth-order valence-electron chi connectivity index (χ4n) is 1.87. The van der Waals surface area contributed by atoms with E-state index in [9.17, 15) is 4.79 Å². The van der Waals surface area contributed by atoms with Crippen molar-refractivity contribution in [1.82, 2.24) is 19.9 Å². The van der Waals surface area contributed by atoms with E-state index in [0.717, 1.165) is 18.8 Å². The lowest BCUT2D eigenvalue weighted by Gasteiger charge is -2.27. The maximum absolute atomic E-state index is 11.0. The topological polar surface area (TPSA) is 62.7 Å². The largest absolute Gasteiger partial charge is 0.327 e. The van der Waals surface area contributed by atoms with Crippen molar-refractivity contribution in [3.05, 3.63) is 46.9 Å². The van der Waals surface area contributed by atoms with Crippen molar-refractivity contribution in [3.63, 3.8) is 0 Å². The fraction of sp³-hybridized carbons (Fsp3) is 0.273. The standard InChI is InChI=1S/C11H12N4O/c16-11-2-1-9(5-14-11)15-7-13-6-10(15)8-3-12-4-8/h1-2,5-8,12H,3-4H2,(H,14,16). The molecule has 82 valence electrons. The van der Waals surface area contributed by atoms with E-state index in [1.807, 2.05) is 10.8 Å². The van der Waals surface area contributed by atoms with Crippen LogP contribution in [0.4, 0.5) is 0 Å². The average Bonchev–Trinajstić information content (AvgIpc) is 2.65. The normalized spacial score (nSPS) is 16.0. The summed E-state index contributed by atoms with van der Waals surface area (Å²) in [7, 11) is 0. The van der Waals surface area contributed by atoms with Gasteiger partial charge >= 0.3 is 0 Å². The van der Waals surface area contributed by atoms with Crippen LogP contribution in [0.5, 0.6) is 0 Å². The Morgan fingerprint density at radius 3 is 2.88 bits per heavy atom. The second kappa shape index (κ2) is 3.61. The smallest absolute Gasteiger partial charge is 0.248 e. The fourth-order valence-corrected chi connectivity index (χ4v) is 1.87. The van der Waals surface area contributed by atoms with E-state index < -0.39 is 0 Å². The number of pyridine rings is 1. The van der Waals surface area contributed by atoms with Crippen LogP contribution in [0.25, 0.3) is 5.69 Å². The third-order valence-corrected chi connectivity index (χ3v) is 2.91. The van der Waals surface area contributed by atoms with E-state index in [0.29, 0.717) is 5.92 Å². The van der Waals surface area contributed by atoms with Gasteiger partial charge in [-0.2, -0.15) is 0 Å². The molecule has 0 bridgehead atoms. The maximum Gasteiger partial charge on any atom is 0.248 e. The first-order chi connectivity index (χ1) is 7.84. The number of imidazole rings is 1. The van der Waals surface area contributed by atoms with Crippen LogP contribution in [0.1, 0.15) is 11.6 Å². The molecule has 0 atom stereocenters. The summed E-state index contributed by atoms with van der Waals surface area (Å²) in [4.78, 5) is 17.8. The molecule has 1 saturated heterocycles. The molecule has 0 amide bonds. The number of hydrogen-bond acceptors (Lipinski definition) is 3. The van der Waals surface area contributed by atoms with Gasteiger partial charge in [-0.3, -0.25) is 4.79 Å². The summed E-state index contributed by atoms with van der Waals surface area (Å²) in [6.07, 6.45) is 5.37. The van der Waals surface area contributed by atoms with E-state index in [-0.39, 0.29) is 5.56 Å². The molecular formula is C11H12N4O. The quantitative estimate of drug-likeness (QED) is 0.756. The molecule has 0 spiro atoms. The molecule has 1 aliphatic heterocycles. The minimum atomic E-state index is -0.0873. The van der Waals surface area contributed by atoms with Crippen molar-refractivity contribution >= 4 is 0 Å². The van der Waals surface area contributed by atoms with Crippen molar-refractivity contribution in [3.8, 4) is 5.69 Å². The van der Waals surface area contributed by atoms with E-state index in [2.05, 4.69) is 15.3 Å². The third kappa shape index (κ3) is 1.45. The van der Waals surface area contributed by atoms with Crippen molar-refractivity contribution in [1.29, 1.82) is 0 Å². The van der Waals surface area contributed by atoms with Crippen LogP contribution in [0.3, 0.4) is 0 Å². The van der Waals surface area contributed by atoms with Gasteiger partial charge in [0.25, 0.3) is 0 Å². The van der Waals surface area contributed by atoms with Gasteiger partial charge in [-0.15, -0.1) is 0 Å².